The molecule has 3 rings (SSSR count). The highest BCUT2D eigenvalue weighted by Crippen LogP contribution is 2.23. The van der Waals surface area contributed by atoms with Crippen molar-refractivity contribution in [1.29, 1.82) is 0 Å². The van der Waals surface area contributed by atoms with Crippen molar-refractivity contribution in [2.75, 3.05) is 6.54 Å². The van der Waals surface area contributed by atoms with Gasteiger partial charge in [0.2, 0.25) is 11.7 Å². The number of aromatic nitrogens is 4. The Labute approximate surface area is 164 Å². The molecule has 0 bridgehead atoms. The molecule has 0 radical (unpaired) electrons. The van der Waals surface area contributed by atoms with Crippen LogP contribution in [0.25, 0.3) is 11.4 Å². The van der Waals surface area contributed by atoms with E-state index in [-0.39, 0.29) is 18.2 Å². The van der Waals surface area contributed by atoms with Crippen LogP contribution in [0.1, 0.15) is 5.56 Å². The van der Waals surface area contributed by atoms with E-state index in [0.717, 1.165) is 5.56 Å². The lowest BCUT2D eigenvalue weighted by Gasteiger charge is -2.07. The second-order valence-corrected chi connectivity index (χ2v) is 6.15. The lowest BCUT2D eigenvalue weighted by molar-refractivity contribution is -0.122. The second kappa shape index (κ2) is 9.23. The number of nitrogens with zero attached hydrogens (tertiary/aromatic N) is 4. The fourth-order valence-electron chi connectivity index (χ4n) is 2.43. The number of nitrogens with one attached hydrogen (secondary N) is 1. The molecule has 0 saturated carbocycles. The van der Waals surface area contributed by atoms with E-state index < -0.39 is 6.61 Å². The van der Waals surface area contributed by atoms with Gasteiger partial charge in [-0.25, -0.2) is 0 Å². The van der Waals surface area contributed by atoms with E-state index in [1.807, 2.05) is 0 Å². The summed E-state index contributed by atoms with van der Waals surface area (Å²) >= 11 is 6.09. The summed E-state index contributed by atoms with van der Waals surface area (Å²) in [4.78, 5) is 13.2. The molecule has 10 heteroatoms. The fourth-order valence-corrected chi connectivity index (χ4v) is 2.65. The topological polar surface area (TPSA) is 81.9 Å². The third kappa shape index (κ3) is 5.46. The van der Waals surface area contributed by atoms with Crippen LogP contribution in [-0.2, 0) is 17.8 Å². The third-order valence-electron chi connectivity index (χ3n) is 3.74. The minimum Gasteiger partial charge on any atom is -0.435 e. The number of tetrazole rings is 1. The molecular weight excluding hydrogens is 392 g/mol. The highest BCUT2D eigenvalue weighted by atomic mass is 35.5. The molecule has 0 unspecified atom stereocenters. The highest BCUT2D eigenvalue weighted by molar-refractivity contribution is 6.33. The number of carbonyl (C=O) groups is 1. The molecule has 0 atom stereocenters. The molecule has 0 aliphatic carbocycles. The molecule has 7 nitrogen and oxygen atoms in total. The summed E-state index contributed by atoms with van der Waals surface area (Å²) in [5.74, 6) is 0.152. The lowest BCUT2D eigenvalue weighted by atomic mass is 10.1. The molecule has 1 heterocycles. The standard InChI is InChI=1S/C18H16ClF2N5O2/c19-15-4-2-1-3-14(15)17-23-25-26(24-17)11-16(27)22-10-9-12-5-7-13(8-6-12)28-18(20)21/h1-8,18H,9-11H2,(H,22,27). The molecule has 0 aliphatic rings. The van der Waals surface area contributed by atoms with Gasteiger partial charge in [0, 0.05) is 12.1 Å². The van der Waals surface area contributed by atoms with Gasteiger partial charge in [-0.05, 0) is 41.5 Å². The van der Waals surface area contributed by atoms with Crippen molar-refractivity contribution in [3.05, 3.63) is 59.1 Å². The van der Waals surface area contributed by atoms with Crippen molar-refractivity contribution >= 4 is 17.5 Å². The van der Waals surface area contributed by atoms with E-state index in [2.05, 4.69) is 25.5 Å². The Morgan fingerprint density at radius 1 is 1.18 bits per heavy atom. The largest absolute Gasteiger partial charge is 0.435 e. The number of hydrogen-bond acceptors (Lipinski definition) is 5. The van der Waals surface area contributed by atoms with E-state index in [4.69, 9.17) is 11.6 Å². The molecule has 28 heavy (non-hydrogen) atoms. The summed E-state index contributed by atoms with van der Waals surface area (Å²) in [6.45, 7) is -2.56. The SMILES string of the molecule is O=C(Cn1nnc(-c2ccccc2Cl)n1)NCCc1ccc(OC(F)F)cc1. The van der Waals surface area contributed by atoms with Crippen LogP contribution in [0.15, 0.2) is 48.5 Å². The van der Waals surface area contributed by atoms with E-state index in [1.165, 1.54) is 16.9 Å². The van der Waals surface area contributed by atoms with Crippen LogP contribution in [0, 0.1) is 0 Å². The zero-order valence-electron chi connectivity index (χ0n) is 14.6. The number of rotatable bonds is 8. The number of hydrogen-bond donors (Lipinski definition) is 1. The second-order valence-electron chi connectivity index (χ2n) is 5.75. The number of ether oxygens (including phenoxy) is 1. The van der Waals surface area contributed by atoms with Gasteiger partial charge < -0.3 is 10.1 Å². The number of alkyl halides is 2. The molecule has 0 saturated heterocycles. The van der Waals surface area contributed by atoms with Crippen LogP contribution in [0.5, 0.6) is 5.75 Å². The van der Waals surface area contributed by atoms with Gasteiger partial charge in [0.1, 0.15) is 12.3 Å². The summed E-state index contributed by atoms with van der Waals surface area (Å²) in [6, 6.07) is 13.3. The minimum atomic E-state index is -2.85. The number of benzene rings is 2. The van der Waals surface area contributed by atoms with Crippen molar-refractivity contribution in [3.63, 3.8) is 0 Å². The van der Waals surface area contributed by atoms with Crippen molar-refractivity contribution < 1.29 is 18.3 Å². The molecular formula is C18H16ClF2N5O2. The molecule has 0 spiro atoms. The predicted octanol–water partition coefficient (Wildman–Crippen LogP) is 2.95. The van der Waals surface area contributed by atoms with Crippen molar-refractivity contribution in [2.24, 2.45) is 0 Å². The number of halogens is 3. The number of carbonyl (C=O) groups excluding carboxylic acids is 1. The van der Waals surface area contributed by atoms with E-state index in [9.17, 15) is 13.6 Å². The van der Waals surface area contributed by atoms with Gasteiger partial charge in [-0.2, -0.15) is 13.6 Å². The van der Waals surface area contributed by atoms with Gasteiger partial charge in [0.25, 0.3) is 0 Å². The van der Waals surface area contributed by atoms with Gasteiger partial charge in [-0.15, -0.1) is 10.2 Å². The first-order valence-corrected chi connectivity index (χ1v) is 8.72. The van der Waals surface area contributed by atoms with E-state index >= 15 is 0 Å². The van der Waals surface area contributed by atoms with Crippen LogP contribution in [0.3, 0.4) is 0 Å². The van der Waals surface area contributed by atoms with Crippen LogP contribution in [0.4, 0.5) is 8.78 Å². The summed E-state index contributed by atoms with van der Waals surface area (Å²) in [6.07, 6.45) is 0.538. The van der Waals surface area contributed by atoms with Crippen LogP contribution in [-0.4, -0.2) is 39.3 Å². The van der Waals surface area contributed by atoms with Gasteiger partial charge >= 0.3 is 6.61 Å². The maximum absolute atomic E-state index is 12.1. The zero-order chi connectivity index (χ0) is 19.9. The van der Waals surface area contributed by atoms with Gasteiger partial charge in [-0.3, -0.25) is 4.79 Å². The first-order valence-electron chi connectivity index (χ1n) is 8.34. The predicted molar refractivity (Wildman–Crippen MR) is 98.1 cm³/mol. The molecule has 3 aromatic rings. The maximum Gasteiger partial charge on any atom is 0.387 e. The highest BCUT2D eigenvalue weighted by Gasteiger charge is 2.11. The summed E-state index contributed by atoms with van der Waals surface area (Å²) < 4.78 is 28.5. The first kappa shape index (κ1) is 19.7. The Morgan fingerprint density at radius 2 is 1.93 bits per heavy atom. The van der Waals surface area contributed by atoms with Gasteiger partial charge in [0.15, 0.2) is 0 Å². The molecule has 1 aromatic heterocycles. The number of amides is 1. The monoisotopic (exact) mass is 407 g/mol. The molecule has 0 fully saturated rings. The van der Waals surface area contributed by atoms with Crippen molar-refractivity contribution in [3.8, 4) is 17.1 Å². The fraction of sp³-hybridized carbons (Fsp3) is 0.222. The van der Waals surface area contributed by atoms with Crippen molar-refractivity contribution in [2.45, 2.75) is 19.6 Å². The molecule has 0 aliphatic heterocycles. The smallest absolute Gasteiger partial charge is 0.387 e. The van der Waals surface area contributed by atoms with Crippen LogP contribution < -0.4 is 10.1 Å². The molecule has 1 N–H and O–H groups in total. The van der Waals surface area contributed by atoms with Gasteiger partial charge in [-0.1, -0.05) is 35.9 Å². The van der Waals surface area contributed by atoms with Crippen LogP contribution >= 0.6 is 11.6 Å². The molecule has 2 aromatic carbocycles. The molecule has 1 amide bonds. The Balaban J connectivity index is 1.47. The van der Waals surface area contributed by atoms with Crippen molar-refractivity contribution in [1.82, 2.24) is 25.5 Å². The Hall–Kier alpha value is -3.07. The van der Waals surface area contributed by atoms with Gasteiger partial charge in [0.05, 0.1) is 5.02 Å². The zero-order valence-corrected chi connectivity index (χ0v) is 15.3. The normalized spacial score (nSPS) is 10.9. The summed E-state index contributed by atoms with van der Waals surface area (Å²) in [5.41, 5.74) is 1.51. The average Bonchev–Trinajstić information content (AvgIpc) is 3.11. The summed E-state index contributed by atoms with van der Waals surface area (Å²) in [7, 11) is 0. The third-order valence-corrected chi connectivity index (χ3v) is 4.07. The quantitative estimate of drug-likeness (QED) is 0.621. The molecule has 146 valence electrons. The van der Waals surface area contributed by atoms with E-state index in [1.54, 1.807) is 36.4 Å². The minimum absolute atomic E-state index is 0.0847. The Bertz CT molecular complexity index is 934. The average molecular weight is 408 g/mol. The maximum atomic E-state index is 12.1. The Morgan fingerprint density at radius 3 is 2.64 bits per heavy atom. The Kier molecular flexibility index (Phi) is 6.49. The van der Waals surface area contributed by atoms with E-state index in [0.29, 0.717) is 29.4 Å². The van der Waals surface area contributed by atoms with Crippen LogP contribution in [0.2, 0.25) is 5.02 Å². The summed E-state index contributed by atoms with van der Waals surface area (Å²) in [5, 5.41) is 15.2. The first-order chi connectivity index (χ1) is 13.5. The lowest BCUT2D eigenvalue weighted by Crippen LogP contribution is -2.30.